The lowest BCUT2D eigenvalue weighted by molar-refractivity contribution is -0.119. The largest absolute Gasteiger partial charge is 0.452 e. The Labute approximate surface area is 187 Å². The number of esters is 1. The van der Waals surface area contributed by atoms with Crippen molar-refractivity contribution in [3.63, 3.8) is 0 Å². The monoisotopic (exact) mass is 448 g/mol. The van der Waals surface area contributed by atoms with E-state index in [0.29, 0.717) is 11.3 Å². The molecule has 0 saturated heterocycles. The predicted molar refractivity (Wildman–Crippen MR) is 123 cm³/mol. The molecule has 0 unspecified atom stereocenters. The highest BCUT2D eigenvalue weighted by Gasteiger charge is 2.18. The van der Waals surface area contributed by atoms with Crippen molar-refractivity contribution in [1.82, 2.24) is 4.98 Å². The van der Waals surface area contributed by atoms with E-state index >= 15 is 0 Å². The SMILES string of the molecule is Cc1ccc2nc(-c3ccc(NC(=O)COC(=O)c4c(C)cc(=O)oc4C)cc3)sc2c1. The summed E-state index contributed by atoms with van der Waals surface area (Å²) < 4.78 is 11.1. The van der Waals surface area contributed by atoms with Gasteiger partial charge in [0.2, 0.25) is 0 Å². The van der Waals surface area contributed by atoms with E-state index < -0.39 is 24.1 Å². The van der Waals surface area contributed by atoms with Crippen molar-refractivity contribution in [3.8, 4) is 10.6 Å². The molecular formula is C24H20N2O5S. The number of fused-ring (bicyclic) bond motifs is 1. The number of amides is 1. The van der Waals surface area contributed by atoms with Crippen LogP contribution in [0.4, 0.5) is 5.69 Å². The lowest BCUT2D eigenvalue weighted by Crippen LogP contribution is -2.22. The number of nitrogens with zero attached hydrogens (tertiary/aromatic N) is 1. The first-order valence-corrected chi connectivity index (χ1v) is 10.7. The van der Waals surface area contributed by atoms with Crippen LogP contribution in [-0.2, 0) is 9.53 Å². The molecule has 0 radical (unpaired) electrons. The normalized spacial score (nSPS) is 10.8. The third-order valence-corrected chi connectivity index (χ3v) is 5.90. The Hall–Kier alpha value is -3.78. The smallest absolute Gasteiger partial charge is 0.342 e. The van der Waals surface area contributed by atoms with Gasteiger partial charge in [0.05, 0.1) is 10.2 Å². The van der Waals surface area contributed by atoms with Gasteiger partial charge in [-0.25, -0.2) is 14.6 Å². The number of aromatic nitrogens is 1. The van der Waals surface area contributed by atoms with E-state index in [1.807, 2.05) is 31.2 Å². The predicted octanol–water partition coefficient (Wildman–Crippen LogP) is 4.64. The molecule has 4 rings (SSSR count). The van der Waals surface area contributed by atoms with Crippen LogP contribution in [0.2, 0.25) is 0 Å². The fourth-order valence-corrected chi connectivity index (χ4v) is 4.38. The summed E-state index contributed by atoms with van der Waals surface area (Å²) in [6.07, 6.45) is 0. The number of rotatable bonds is 5. The fourth-order valence-electron chi connectivity index (χ4n) is 3.31. The zero-order valence-corrected chi connectivity index (χ0v) is 18.5. The van der Waals surface area contributed by atoms with Crippen LogP contribution in [0, 0.1) is 20.8 Å². The molecule has 0 spiro atoms. The maximum atomic E-state index is 12.3. The molecule has 0 aliphatic carbocycles. The highest BCUT2D eigenvalue weighted by molar-refractivity contribution is 7.21. The third-order valence-electron chi connectivity index (χ3n) is 4.83. The van der Waals surface area contributed by atoms with E-state index in [1.54, 1.807) is 30.4 Å². The van der Waals surface area contributed by atoms with Gasteiger partial charge in [0, 0.05) is 17.3 Å². The summed E-state index contributed by atoms with van der Waals surface area (Å²) in [4.78, 5) is 40.5. The quantitative estimate of drug-likeness (QED) is 0.447. The molecule has 1 N–H and O–H groups in total. The second kappa shape index (κ2) is 8.76. The molecule has 0 atom stereocenters. The van der Waals surface area contributed by atoms with Crippen LogP contribution in [0.3, 0.4) is 0 Å². The van der Waals surface area contributed by atoms with Crippen molar-refractivity contribution < 1.29 is 18.7 Å². The van der Waals surface area contributed by atoms with E-state index in [-0.39, 0.29) is 11.3 Å². The Morgan fingerprint density at radius 3 is 2.53 bits per heavy atom. The molecule has 32 heavy (non-hydrogen) atoms. The van der Waals surface area contributed by atoms with E-state index in [0.717, 1.165) is 20.8 Å². The van der Waals surface area contributed by atoms with E-state index in [2.05, 4.69) is 16.4 Å². The minimum absolute atomic E-state index is 0.146. The minimum Gasteiger partial charge on any atom is -0.452 e. The van der Waals surface area contributed by atoms with Crippen LogP contribution in [0.25, 0.3) is 20.8 Å². The molecule has 162 valence electrons. The molecule has 0 saturated carbocycles. The number of nitrogens with one attached hydrogen (secondary N) is 1. The first-order valence-electron chi connectivity index (χ1n) is 9.86. The number of aryl methyl sites for hydroxylation is 3. The Kier molecular flexibility index (Phi) is 5.87. The lowest BCUT2D eigenvalue weighted by atomic mass is 10.1. The highest BCUT2D eigenvalue weighted by Crippen LogP contribution is 2.31. The molecule has 2 aromatic carbocycles. The van der Waals surface area contributed by atoms with Crippen molar-refractivity contribution in [2.75, 3.05) is 11.9 Å². The molecule has 1 amide bonds. The van der Waals surface area contributed by atoms with Gasteiger partial charge in [-0.2, -0.15) is 0 Å². The average Bonchev–Trinajstić information content (AvgIpc) is 3.15. The van der Waals surface area contributed by atoms with Crippen molar-refractivity contribution in [2.45, 2.75) is 20.8 Å². The number of thiazole rings is 1. The van der Waals surface area contributed by atoms with E-state index in [1.165, 1.54) is 18.6 Å². The summed E-state index contributed by atoms with van der Waals surface area (Å²) in [5.74, 6) is -1.05. The van der Waals surface area contributed by atoms with Crippen molar-refractivity contribution in [1.29, 1.82) is 0 Å². The van der Waals surface area contributed by atoms with Crippen LogP contribution in [0.5, 0.6) is 0 Å². The van der Waals surface area contributed by atoms with Gasteiger partial charge in [-0.3, -0.25) is 4.79 Å². The molecule has 0 fully saturated rings. The number of anilines is 1. The minimum atomic E-state index is -0.722. The van der Waals surface area contributed by atoms with Crippen LogP contribution >= 0.6 is 11.3 Å². The highest BCUT2D eigenvalue weighted by atomic mass is 32.1. The van der Waals surface area contributed by atoms with Crippen LogP contribution < -0.4 is 10.9 Å². The number of benzene rings is 2. The van der Waals surface area contributed by atoms with Gasteiger partial charge >= 0.3 is 11.6 Å². The molecule has 0 aliphatic rings. The molecular weight excluding hydrogens is 428 g/mol. The number of hydrogen-bond acceptors (Lipinski definition) is 7. The Morgan fingerprint density at radius 1 is 1.06 bits per heavy atom. The van der Waals surface area contributed by atoms with Gasteiger partial charge in [0.25, 0.3) is 5.91 Å². The molecule has 0 aliphatic heterocycles. The van der Waals surface area contributed by atoms with E-state index in [4.69, 9.17) is 9.15 Å². The second-order valence-corrected chi connectivity index (χ2v) is 8.40. The average molecular weight is 449 g/mol. The summed E-state index contributed by atoms with van der Waals surface area (Å²) in [5.41, 5.74) is 3.71. The van der Waals surface area contributed by atoms with Crippen molar-refractivity contribution >= 4 is 39.1 Å². The maximum absolute atomic E-state index is 12.3. The molecule has 2 aromatic heterocycles. The van der Waals surface area contributed by atoms with Gasteiger partial charge in [0.15, 0.2) is 6.61 Å². The Morgan fingerprint density at radius 2 is 1.81 bits per heavy atom. The fraction of sp³-hybridized carbons (Fsp3) is 0.167. The number of carbonyl (C=O) groups excluding carboxylic acids is 2. The third kappa shape index (κ3) is 4.60. The van der Waals surface area contributed by atoms with Gasteiger partial charge in [-0.05, 0) is 68.3 Å². The number of ether oxygens (including phenoxy) is 1. The summed E-state index contributed by atoms with van der Waals surface area (Å²) >= 11 is 1.61. The van der Waals surface area contributed by atoms with Gasteiger partial charge < -0.3 is 14.5 Å². The summed E-state index contributed by atoms with van der Waals surface area (Å²) in [7, 11) is 0. The first-order chi connectivity index (χ1) is 15.3. The standard InChI is InChI=1S/C24H20N2O5S/c1-13-4-9-18-19(10-13)32-23(26-18)16-5-7-17(8-6-16)25-20(27)12-30-24(29)22-14(2)11-21(28)31-15(22)3/h4-11H,12H2,1-3H3,(H,25,27). The van der Waals surface area contributed by atoms with Gasteiger partial charge in [0.1, 0.15) is 16.3 Å². The first kappa shape index (κ1) is 21.5. The summed E-state index contributed by atoms with van der Waals surface area (Å²) in [6, 6.07) is 14.7. The zero-order valence-electron chi connectivity index (χ0n) is 17.7. The van der Waals surface area contributed by atoms with Crippen LogP contribution in [-0.4, -0.2) is 23.5 Å². The summed E-state index contributed by atoms with van der Waals surface area (Å²) in [6.45, 7) is 4.69. The number of carbonyl (C=O) groups is 2. The van der Waals surface area contributed by atoms with E-state index in [9.17, 15) is 14.4 Å². The molecule has 7 nitrogen and oxygen atoms in total. The molecule has 2 heterocycles. The maximum Gasteiger partial charge on any atom is 0.342 e. The van der Waals surface area contributed by atoms with Crippen LogP contribution in [0.1, 0.15) is 27.2 Å². The number of hydrogen-bond donors (Lipinski definition) is 1. The second-order valence-electron chi connectivity index (χ2n) is 7.37. The summed E-state index contributed by atoms with van der Waals surface area (Å²) in [5, 5.41) is 3.59. The van der Waals surface area contributed by atoms with Gasteiger partial charge in [-0.1, -0.05) is 6.07 Å². The van der Waals surface area contributed by atoms with Gasteiger partial charge in [-0.15, -0.1) is 11.3 Å². The van der Waals surface area contributed by atoms with Crippen LogP contribution in [0.15, 0.2) is 57.7 Å². The molecule has 0 bridgehead atoms. The Balaban J connectivity index is 1.38. The topological polar surface area (TPSA) is 98.5 Å². The molecule has 8 heteroatoms. The Bertz CT molecular complexity index is 1360. The molecule has 4 aromatic rings. The zero-order chi connectivity index (χ0) is 22.8. The van der Waals surface area contributed by atoms with Crippen molar-refractivity contribution in [3.05, 3.63) is 81.4 Å². The lowest BCUT2D eigenvalue weighted by Gasteiger charge is -2.09. The van der Waals surface area contributed by atoms with Crippen molar-refractivity contribution in [2.24, 2.45) is 0 Å².